The molecule has 0 bridgehead atoms. The highest BCUT2D eigenvalue weighted by atomic mass is 32.1. The molecular weight excluding hydrogens is 278 g/mol. The third-order valence-corrected chi connectivity index (χ3v) is 4.47. The molecule has 3 nitrogen and oxygen atoms in total. The minimum absolute atomic E-state index is 0.553. The molecule has 1 N–H and O–H groups in total. The summed E-state index contributed by atoms with van der Waals surface area (Å²) in [6.45, 7) is 2.10. The predicted octanol–water partition coefficient (Wildman–Crippen LogP) is 4.87. The molecule has 0 saturated heterocycles. The summed E-state index contributed by atoms with van der Waals surface area (Å²) in [4.78, 5) is 5.85. The maximum absolute atomic E-state index is 4.64. The quantitative estimate of drug-likeness (QED) is 0.496. The fraction of sp³-hybridized carbons (Fsp3) is 0.294. The Morgan fingerprint density at radius 1 is 1.29 bits per heavy atom. The molecule has 0 aliphatic heterocycles. The Hall–Kier alpha value is -1.94. The molecule has 4 heteroatoms. The normalized spacial score (nSPS) is 18.2. The Morgan fingerprint density at radius 2 is 2.14 bits per heavy atom. The monoisotopic (exact) mass is 297 g/mol. The molecule has 0 radical (unpaired) electrons. The van der Waals surface area contributed by atoms with Gasteiger partial charge in [-0.25, -0.2) is 4.98 Å². The summed E-state index contributed by atoms with van der Waals surface area (Å²) in [5.41, 5.74) is 5.27. The number of hydrazone groups is 1. The first-order chi connectivity index (χ1) is 10.3. The highest BCUT2D eigenvalue weighted by Gasteiger charge is 2.09. The zero-order valence-electron chi connectivity index (χ0n) is 12.1. The highest BCUT2D eigenvalue weighted by molar-refractivity contribution is 7.15. The van der Waals surface area contributed by atoms with Gasteiger partial charge in [0.15, 0.2) is 0 Å². The second-order valence-electron chi connectivity index (χ2n) is 5.22. The average Bonchev–Trinajstić information content (AvgIpc) is 2.90. The van der Waals surface area contributed by atoms with Crippen LogP contribution in [0.1, 0.15) is 24.1 Å². The summed E-state index contributed by atoms with van der Waals surface area (Å²) in [6.07, 6.45) is 9.94. The van der Waals surface area contributed by atoms with Gasteiger partial charge in [0.2, 0.25) is 5.13 Å². The van der Waals surface area contributed by atoms with Crippen LogP contribution in [-0.2, 0) is 0 Å². The summed E-state index contributed by atoms with van der Waals surface area (Å²) in [5.74, 6) is 0.553. The van der Waals surface area contributed by atoms with E-state index in [4.69, 9.17) is 0 Å². The van der Waals surface area contributed by atoms with E-state index >= 15 is 0 Å². The van der Waals surface area contributed by atoms with Crippen LogP contribution < -0.4 is 5.43 Å². The zero-order chi connectivity index (χ0) is 14.5. The third kappa shape index (κ3) is 3.58. The van der Waals surface area contributed by atoms with E-state index in [1.54, 1.807) is 11.3 Å². The van der Waals surface area contributed by atoms with E-state index in [1.807, 2.05) is 24.4 Å². The standard InChI is InChI=1S/C17H19N3S/c1-13-16(15-10-6-3-7-11-15)19-17(21-13)20-18-12-14-8-4-2-5-9-14/h2-4,6-7,10-12,14H,5,8-9H2,1H3,(H,19,20)/t14-/m0/s1. The molecule has 1 aliphatic carbocycles. The van der Waals surface area contributed by atoms with Crippen molar-refractivity contribution >= 4 is 22.7 Å². The van der Waals surface area contributed by atoms with Crippen molar-refractivity contribution in [1.29, 1.82) is 0 Å². The fourth-order valence-electron chi connectivity index (χ4n) is 2.46. The van der Waals surface area contributed by atoms with E-state index in [9.17, 15) is 0 Å². The van der Waals surface area contributed by atoms with Gasteiger partial charge in [0.1, 0.15) is 0 Å². The van der Waals surface area contributed by atoms with Crippen LogP contribution >= 0.6 is 11.3 Å². The van der Waals surface area contributed by atoms with Crippen LogP contribution in [0.2, 0.25) is 0 Å². The average molecular weight is 297 g/mol. The minimum atomic E-state index is 0.553. The van der Waals surface area contributed by atoms with Crippen LogP contribution in [0.5, 0.6) is 0 Å². The van der Waals surface area contributed by atoms with Crippen LogP contribution in [0, 0.1) is 12.8 Å². The van der Waals surface area contributed by atoms with Crippen molar-refractivity contribution in [1.82, 2.24) is 4.98 Å². The Bertz CT molecular complexity index is 643. The zero-order valence-corrected chi connectivity index (χ0v) is 12.9. The number of nitrogens with zero attached hydrogens (tertiary/aromatic N) is 2. The first-order valence-electron chi connectivity index (χ1n) is 7.30. The summed E-state index contributed by atoms with van der Waals surface area (Å²) in [5, 5.41) is 5.21. The number of rotatable bonds is 4. The van der Waals surface area contributed by atoms with E-state index < -0.39 is 0 Å². The number of anilines is 1. The topological polar surface area (TPSA) is 37.3 Å². The lowest BCUT2D eigenvalue weighted by Gasteiger charge is -2.11. The second-order valence-corrected chi connectivity index (χ2v) is 6.43. The van der Waals surface area contributed by atoms with Gasteiger partial charge in [0.25, 0.3) is 0 Å². The number of aryl methyl sites for hydroxylation is 1. The van der Waals surface area contributed by atoms with Gasteiger partial charge in [0, 0.05) is 16.7 Å². The van der Waals surface area contributed by atoms with Crippen molar-refractivity contribution in [3.63, 3.8) is 0 Å². The molecule has 1 atom stereocenters. The van der Waals surface area contributed by atoms with Crippen molar-refractivity contribution in [3.05, 3.63) is 47.4 Å². The van der Waals surface area contributed by atoms with Gasteiger partial charge in [-0.2, -0.15) is 5.10 Å². The van der Waals surface area contributed by atoms with Gasteiger partial charge < -0.3 is 0 Å². The molecule has 0 spiro atoms. The van der Waals surface area contributed by atoms with E-state index in [0.717, 1.165) is 29.2 Å². The Morgan fingerprint density at radius 3 is 2.90 bits per heavy atom. The number of allylic oxidation sites excluding steroid dienone is 2. The molecule has 3 rings (SSSR count). The summed E-state index contributed by atoms with van der Waals surface area (Å²) in [6, 6.07) is 10.3. The molecule has 2 aromatic rings. The Balaban J connectivity index is 1.67. The number of thiazole rings is 1. The number of hydrogen-bond acceptors (Lipinski definition) is 4. The predicted molar refractivity (Wildman–Crippen MR) is 90.9 cm³/mol. The minimum Gasteiger partial charge on any atom is -0.253 e. The Kier molecular flexibility index (Phi) is 4.46. The van der Waals surface area contributed by atoms with E-state index in [-0.39, 0.29) is 0 Å². The molecule has 1 aromatic carbocycles. The van der Waals surface area contributed by atoms with Crippen molar-refractivity contribution in [2.45, 2.75) is 26.2 Å². The molecule has 0 saturated carbocycles. The molecule has 0 fully saturated rings. The number of nitrogens with one attached hydrogen (secondary N) is 1. The number of hydrogen-bond donors (Lipinski definition) is 1. The lowest BCUT2D eigenvalue weighted by Crippen LogP contribution is -2.04. The van der Waals surface area contributed by atoms with E-state index in [1.165, 1.54) is 11.3 Å². The lowest BCUT2D eigenvalue weighted by molar-refractivity contribution is 0.627. The molecule has 1 aliphatic rings. The van der Waals surface area contributed by atoms with Crippen LogP contribution in [0.4, 0.5) is 5.13 Å². The molecule has 0 unspecified atom stereocenters. The summed E-state index contributed by atoms with van der Waals surface area (Å²) >= 11 is 1.65. The number of aromatic nitrogens is 1. The molecule has 108 valence electrons. The summed E-state index contributed by atoms with van der Waals surface area (Å²) < 4.78 is 0. The van der Waals surface area contributed by atoms with Crippen molar-refractivity contribution in [3.8, 4) is 11.3 Å². The maximum Gasteiger partial charge on any atom is 0.204 e. The van der Waals surface area contributed by atoms with Crippen LogP contribution in [0.25, 0.3) is 11.3 Å². The maximum atomic E-state index is 4.64. The summed E-state index contributed by atoms with van der Waals surface area (Å²) in [7, 11) is 0. The molecule has 1 heterocycles. The first-order valence-corrected chi connectivity index (χ1v) is 8.11. The van der Waals surface area contributed by atoms with Gasteiger partial charge in [-0.05, 0) is 32.1 Å². The van der Waals surface area contributed by atoms with Crippen molar-refractivity contribution < 1.29 is 0 Å². The van der Waals surface area contributed by atoms with Crippen molar-refractivity contribution in [2.24, 2.45) is 11.0 Å². The number of benzene rings is 1. The van der Waals surface area contributed by atoms with Gasteiger partial charge in [-0.15, -0.1) is 11.3 Å². The highest BCUT2D eigenvalue weighted by Crippen LogP contribution is 2.30. The SMILES string of the molecule is Cc1sc(NN=C[C@H]2CC=CCC2)nc1-c1ccccc1. The molecular formula is C17H19N3S. The fourth-order valence-corrected chi connectivity index (χ4v) is 3.24. The van der Waals surface area contributed by atoms with Crippen LogP contribution in [-0.4, -0.2) is 11.2 Å². The largest absolute Gasteiger partial charge is 0.253 e. The van der Waals surface area contributed by atoms with Gasteiger partial charge in [0.05, 0.1) is 5.69 Å². The van der Waals surface area contributed by atoms with Gasteiger partial charge >= 0.3 is 0 Å². The van der Waals surface area contributed by atoms with E-state index in [0.29, 0.717) is 5.92 Å². The molecule has 21 heavy (non-hydrogen) atoms. The Labute approximate surface area is 129 Å². The van der Waals surface area contributed by atoms with Crippen LogP contribution in [0.3, 0.4) is 0 Å². The van der Waals surface area contributed by atoms with E-state index in [2.05, 4.69) is 46.7 Å². The second kappa shape index (κ2) is 6.68. The van der Waals surface area contributed by atoms with Gasteiger partial charge in [-0.3, -0.25) is 5.43 Å². The molecule has 0 amide bonds. The third-order valence-electron chi connectivity index (χ3n) is 3.60. The smallest absolute Gasteiger partial charge is 0.204 e. The first kappa shape index (κ1) is 14.0. The molecule has 1 aromatic heterocycles. The van der Waals surface area contributed by atoms with Gasteiger partial charge in [-0.1, -0.05) is 42.5 Å². The van der Waals surface area contributed by atoms with Crippen LogP contribution in [0.15, 0.2) is 47.6 Å². The lowest BCUT2D eigenvalue weighted by atomic mass is 9.96. The van der Waals surface area contributed by atoms with Crippen molar-refractivity contribution in [2.75, 3.05) is 5.43 Å².